The van der Waals surface area contributed by atoms with Gasteiger partial charge in [-0.15, -0.1) is 10.2 Å². The number of rotatable bonds is 9. The Labute approximate surface area is 182 Å². The molecule has 1 heterocycles. The van der Waals surface area contributed by atoms with E-state index < -0.39 is 0 Å². The van der Waals surface area contributed by atoms with Crippen molar-refractivity contribution in [2.45, 2.75) is 70.3 Å². The Hall–Kier alpha value is -2.22. The fourth-order valence-corrected chi connectivity index (χ4v) is 4.65. The molecule has 1 amide bonds. The molecule has 164 valence electrons. The van der Waals surface area contributed by atoms with Crippen LogP contribution in [0.2, 0.25) is 0 Å². The van der Waals surface area contributed by atoms with Gasteiger partial charge in [-0.25, -0.2) is 0 Å². The first-order valence-electron chi connectivity index (χ1n) is 10.7. The Kier molecular flexibility index (Phi) is 8.01. The minimum absolute atomic E-state index is 0.0634. The summed E-state index contributed by atoms with van der Waals surface area (Å²) in [5.41, 5.74) is 0. The minimum Gasteiger partial charge on any atom is -0.497 e. The van der Waals surface area contributed by atoms with Gasteiger partial charge in [0.25, 0.3) is 0 Å². The monoisotopic (exact) mass is 432 g/mol. The molecule has 1 aliphatic carbocycles. The van der Waals surface area contributed by atoms with Crippen LogP contribution in [0.5, 0.6) is 11.5 Å². The molecule has 1 aromatic carbocycles. The van der Waals surface area contributed by atoms with Crippen LogP contribution < -0.4 is 14.8 Å². The van der Waals surface area contributed by atoms with Crippen molar-refractivity contribution >= 4 is 17.7 Å². The lowest BCUT2D eigenvalue weighted by atomic mass is 9.86. The van der Waals surface area contributed by atoms with E-state index in [9.17, 15) is 4.79 Å². The zero-order chi connectivity index (χ0) is 21.5. The number of thioether (sulfide) groups is 1. The Morgan fingerprint density at radius 1 is 1.23 bits per heavy atom. The molecule has 1 N–H and O–H groups in total. The maximum absolute atomic E-state index is 12.4. The lowest BCUT2D eigenvalue weighted by Gasteiger charge is -2.29. The van der Waals surface area contributed by atoms with Gasteiger partial charge in [-0.2, -0.15) is 0 Å². The SMILES string of the molecule is CCn1c(SCC(=O)NC2CCCCC2C)nnc1C(C)Oc1ccc(OC)cc1. The molecule has 3 unspecified atom stereocenters. The zero-order valence-corrected chi connectivity index (χ0v) is 19.1. The fraction of sp³-hybridized carbons (Fsp3) is 0.591. The summed E-state index contributed by atoms with van der Waals surface area (Å²) in [6, 6.07) is 7.76. The van der Waals surface area contributed by atoms with Crippen LogP contribution in [-0.2, 0) is 11.3 Å². The molecule has 1 fully saturated rings. The molecule has 0 radical (unpaired) electrons. The Balaban J connectivity index is 1.58. The summed E-state index contributed by atoms with van der Waals surface area (Å²) in [5, 5.41) is 12.6. The largest absolute Gasteiger partial charge is 0.497 e. The predicted molar refractivity (Wildman–Crippen MR) is 118 cm³/mol. The number of hydrogen-bond acceptors (Lipinski definition) is 6. The third-order valence-corrected chi connectivity index (χ3v) is 6.55. The number of carbonyl (C=O) groups is 1. The summed E-state index contributed by atoms with van der Waals surface area (Å²) >= 11 is 1.42. The third kappa shape index (κ3) is 5.68. The molecule has 1 aromatic heterocycles. The second kappa shape index (κ2) is 10.7. The maximum atomic E-state index is 12.4. The highest BCUT2D eigenvalue weighted by atomic mass is 32.2. The van der Waals surface area contributed by atoms with Crippen molar-refractivity contribution in [1.82, 2.24) is 20.1 Å². The molecule has 3 atom stereocenters. The number of aromatic nitrogens is 3. The van der Waals surface area contributed by atoms with Crippen molar-refractivity contribution in [1.29, 1.82) is 0 Å². The van der Waals surface area contributed by atoms with Crippen molar-refractivity contribution in [3.8, 4) is 11.5 Å². The molecule has 1 aliphatic rings. The second-order valence-corrected chi connectivity index (χ2v) is 8.69. The van der Waals surface area contributed by atoms with Gasteiger partial charge < -0.3 is 19.4 Å². The average Bonchev–Trinajstić information content (AvgIpc) is 3.17. The van der Waals surface area contributed by atoms with Crippen molar-refractivity contribution in [2.75, 3.05) is 12.9 Å². The number of hydrogen-bond donors (Lipinski definition) is 1. The van der Waals surface area contributed by atoms with E-state index in [1.807, 2.05) is 42.7 Å². The van der Waals surface area contributed by atoms with E-state index in [0.717, 1.165) is 28.9 Å². The second-order valence-electron chi connectivity index (χ2n) is 7.75. The number of nitrogens with zero attached hydrogens (tertiary/aromatic N) is 3. The van der Waals surface area contributed by atoms with Gasteiger partial charge in [-0.3, -0.25) is 4.79 Å². The first kappa shape index (κ1) is 22.5. The quantitative estimate of drug-likeness (QED) is 0.598. The van der Waals surface area contributed by atoms with Crippen LogP contribution in [0, 0.1) is 5.92 Å². The molecular formula is C22H32N4O3S. The molecule has 3 rings (SSSR count). The first-order valence-corrected chi connectivity index (χ1v) is 11.7. The van der Waals surface area contributed by atoms with Gasteiger partial charge in [0.2, 0.25) is 5.91 Å². The van der Waals surface area contributed by atoms with Crippen LogP contribution in [0.3, 0.4) is 0 Å². The average molecular weight is 433 g/mol. The van der Waals surface area contributed by atoms with Gasteiger partial charge in [0.1, 0.15) is 11.5 Å². The summed E-state index contributed by atoms with van der Waals surface area (Å²) in [6.07, 6.45) is 4.46. The molecule has 0 aliphatic heterocycles. The van der Waals surface area contributed by atoms with E-state index in [0.29, 0.717) is 24.3 Å². The van der Waals surface area contributed by atoms with Crippen LogP contribution in [-0.4, -0.2) is 39.6 Å². The Morgan fingerprint density at radius 3 is 2.60 bits per heavy atom. The Morgan fingerprint density at radius 2 is 1.93 bits per heavy atom. The smallest absolute Gasteiger partial charge is 0.230 e. The van der Waals surface area contributed by atoms with E-state index in [1.54, 1.807) is 7.11 Å². The lowest BCUT2D eigenvalue weighted by molar-refractivity contribution is -0.119. The number of nitrogens with one attached hydrogen (secondary N) is 1. The highest BCUT2D eigenvalue weighted by Crippen LogP contribution is 2.27. The van der Waals surface area contributed by atoms with E-state index in [4.69, 9.17) is 9.47 Å². The predicted octanol–water partition coefficient (Wildman–Crippen LogP) is 4.23. The number of ether oxygens (including phenoxy) is 2. The van der Waals surface area contributed by atoms with Crippen molar-refractivity contribution in [2.24, 2.45) is 5.92 Å². The fourth-order valence-electron chi connectivity index (χ4n) is 3.83. The topological polar surface area (TPSA) is 78.3 Å². The Bertz CT molecular complexity index is 824. The lowest BCUT2D eigenvalue weighted by Crippen LogP contribution is -2.41. The number of benzene rings is 1. The van der Waals surface area contributed by atoms with Crippen molar-refractivity contribution < 1.29 is 14.3 Å². The van der Waals surface area contributed by atoms with Gasteiger partial charge in [0.15, 0.2) is 17.1 Å². The van der Waals surface area contributed by atoms with Gasteiger partial charge >= 0.3 is 0 Å². The molecule has 1 saturated carbocycles. The minimum atomic E-state index is -0.267. The van der Waals surface area contributed by atoms with Crippen molar-refractivity contribution in [3.05, 3.63) is 30.1 Å². The van der Waals surface area contributed by atoms with Crippen LogP contribution in [0.4, 0.5) is 0 Å². The van der Waals surface area contributed by atoms with Crippen LogP contribution in [0.25, 0.3) is 0 Å². The summed E-state index contributed by atoms with van der Waals surface area (Å²) in [4.78, 5) is 12.4. The maximum Gasteiger partial charge on any atom is 0.230 e. The van der Waals surface area contributed by atoms with Crippen LogP contribution in [0.1, 0.15) is 58.4 Å². The molecule has 0 saturated heterocycles. The normalized spacial score (nSPS) is 19.9. The molecule has 0 bridgehead atoms. The van der Waals surface area contributed by atoms with E-state index >= 15 is 0 Å². The van der Waals surface area contributed by atoms with Crippen LogP contribution in [0.15, 0.2) is 29.4 Å². The highest BCUT2D eigenvalue weighted by Gasteiger charge is 2.24. The molecule has 0 spiro atoms. The summed E-state index contributed by atoms with van der Waals surface area (Å²) < 4.78 is 13.2. The molecule has 8 heteroatoms. The van der Waals surface area contributed by atoms with E-state index in [2.05, 4.69) is 22.4 Å². The standard InChI is InChI=1S/C22H32N4O3S/c1-5-26-21(16(3)29-18-12-10-17(28-4)11-13-18)24-25-22(26)30-14-20(27)23-19-9-7-6-8-15(19)2/h10-13,15-16,19H,5-9,14H2,1-4H3,(H,23,27). The molecule has 30 heavy (non-hydrogen) atoms. The molecular weight excluding hydrogens is 400 g/mol. The number of amides is 1. The van der Waals surface area contributed by atoms with Crippen LogP contribution >= 0.6 is 11.8 Å². The molecule has 7 nitrogen and oxygen atoms in total. The first-order chi connectivity index (χ1) is 14.5. The number of methoxy groups -OCH3 is 1. The van der Waals surface area contributed by atoms with E-state index in [1.165, 1.54) is 31.0 Å². The molecule has 2 aromatic rings. The highest BCUT2D eigenvalue weighted by molar-refractivity contribution is 7.99. The summed E-state index contributed by atoms with van der Waals surface area (Å²) in [7, 11) is 1.64. The summed E-state index contributed by atoms with van der Waals surface area (Å²) in [6.45, 7) is 6.93. The number of carbonyl (C=O) groups excluding carboxylic acids is 1. The van der Waals surface area contributed by atoms with E-state index in [-0.39, 0.29) is 12.0 Å². The van der Waals surface area contributed by atoms with Gasteiger partial charge in [-0.05, 0) is 56.9 Å². The third-order valence-electron chi connectivity index (χ3n) is 5.59. The van der Waals surface area contributed by atoms with Crippen molar-refractivity contribution in [3.63, 3.8) is 0 Å². The van der Waals surface area contributed by atoms with Gasteiger partial charge in [0.05, 0.1) is 12.9 Å². The van der Waals surface area contributed by atoms with Gasteiger partial charge in [-0.1, -0.05) is 31.5 Å². The van der Waals surface area contributed by atoms with Gasteiger partial charge in [0, 0.05) is 12.6 Å². The summed E-state index contributed by atoms with van der Waals surface area (Å²) in [5.74, 6) is 3.23. The zero-order valence-electron chi connectivity index (χ0n) is 18.3.